The number of aromatic nitrogens is 4. The molecule has 2 N–H and O–H groups in total. The Morgan fingerprint density at radius 2 is 2.22 bits per heavy atom. The number of H-pyrrole nitrogens is 2. The van der Waals surface area contributed by atoms with Crippen molar-refractivity contribution in [3.05, 3.63) is 36.4 Å². The molecule has 3 aromatic rings. The lowest BCUT2D eigenvalue weighted by atomic mass is 10.2. The second kappa shape index (κ2) is 4.64. The minimum atomic E-state index is 0.890. The van der Waals surface area contributed by atoms with Gasteiger partial charge in [0.2, 0.25) is 0 Å². The lowest BCUT2D eigenvalue weighted by Crippen LogP contribution is -1.86. The van der Waals surface area contributed by atoms with Gasteiger partial charge in [0.25, 0.3) is 0 Å². The van der Waals surface area contributed by atoms with Gasteiger partial charge in [-0.3, -0.25) is 0 Å². The third-order valence-corrected chi connectivity index (χ3v) is 3.07. The molecule has 2 aromatic heterocycles. The van der Waals surface area contributed by atoms with Crippen molar-refractivity contribution in [2.75, 3.05) is 0 Å². The van der Waals surface area contributed by atoms with Crippen LogP contribution in [0, 0.1) is 0 Å². The summed E-state index contributed by atoms with van der Waals surface area (Å²) in [5.41, 5.74) is 3.18. The Bertz CT molecular complexity index is 637. The molecule has 18 heavy (non-hydrogen) atoms. The molecule has 0 fully saturated rings. The van der Waals surface area contributed by atoms with E-state index in [2.05, 4.69) is 32.9 Å². The van der Waals surface area contributed by atoms with Crippen molar-refractivity contribution in [3.8, 4) is 11.4 Å². The van der Waals surface area contributed by atoms with E-state index in [0.29, 0.717) is 0 Å². The van der Waals surface area contributed by atoms with Crippen molar-refractivity contribution >= 4 is 11.0 Å². The molecular weight excluding hydrogens is 224 g/mol. The highest BCUT2D eigenvalue weighted by Gasteiger charge is 2.05. The topological polar surface area (TPSA) is 57.4 Å². The SMILES string of the molecule is CCCCc1nc2ccc(-c3ncc[nH]3)cc2[nH]1. The molecule has 1 aromatic carbocycles. The molecule has 0 aliphatic heterocycles. The van der Waals surface area contributed by atoms with Gasteiger partial charge in [0.05, 0.1) is 11.0 Å². The van der Waals surface area contributed by atoms with E-state index in [0.717, 1.165) is 34.7 Å². The fourth-order valence-corrected chi connectivity index (χ4v) is 2.10. The van der Waals surface area contributed by atoms with E-state index in [1.165, 1.54) is 12.8 Å². The molecule has 0 unspecified atom stereocenters. The largest absolute Gasteiger partial charge is 0.345 e. The monoisotopic (exact) mass is 240 g/mol. The maximum Gasteiger partial charge on any atom is 0.137 e. The van der Waals surface area contributed by atoms with Gasteiger partial charge >= 0.3 is 0 Å². The summed E-state index contributed by atoms with van der Waals surface area (Å²) in [6.07, 6.45) is 6.97. The smallest absolute Gasteiger partial charge is 0.137 e. The zero-order chi connectivity index (χ0) is 12.4. The summed E-state index contributed by atoms with van der Waals surface area (Å²) in [4.78, 5) is 15.3. The Morgan fingerprint density at radius 1 is 1.28 bits per heavy atom. The normalized spacial score (nSPS) is 11.2. The van der Waals surface area contributed by atoms with Gasteiger partial charge in [0.15, 0.2) is 0 Å². The van der Waals surface area contributed by atoms with Crippen molar-refractivity contribution in [1.29, 1.82) is 0 Å². The molecular formula is C14H16N4. The standard InChI is InChI=1S/C14H16N4/c1-2-3-4-13-17-11-6-5-10(9-12(11)18-13)14-15-7-8-16-14/h5-9H,2-4H2,1H3,(H,15,16)(H,17,18). The van der Waals surface area contributed by atoms with Crippen LogP contribution in [0.25, 0.3) is 22.4 Å². The number of hydrogen-bond donors (Lipinski definition) is 2. The van der Waals surface area contributed by atoms with Crippen LogP contribution in [0.5, 0.6) is 0 Å². The highest BCUT2D eigenvalue weighted by atomic mass is 14.9. The molecule has 0 saturated heterocycles. The number of benzene rings is 1. The average Bonchev–Trinajstić information content (AvgIpc) is 3.03. The Kier molecular flexibility index (Phi) is 2.84. The van der Waals surface area contributed by atoms with E-state index in [1.54, 1.807) is 6.20 Å². The molecule has 0 bridgehead atoms. The maximum absolute atomic E-state index is 4.59. The van der Waals surface area contributed by atoms with Crippen LogP contribution < -0.4 is 0 Å². The van der Waals surface area contributed by atoms with Gasteiger partial charge < -0.3 is 9.97 Å². The Labute approximate surface area is 105 Å². The minimum Gasteiger partial charge on any atom is -0.345 e. The molecule has 0 saturated carbocycles. The first-order valence-corrected chi connectivity index (χ1v) is 6.35. The number of aryl methyl sites for hydroxylation is 1. The van der Waals surface area contributed by atoms with Crippen LogP contribution in [-0.4, -0.2) is 19.9 Å². The Morgan fingerprint density at radius 3 is 3.00 bits per heavy atom. The van der Waals surface area contributed by atoms with Gasteiger partial charge in [0.1, 0.15) is 11.6 Å². The molecule has 0 amide bonds. The van der Waals surface area contributed by atoms with Crippen LogP contribution in [-0.2, 0) is 6.42 Å². The fourth-order valence-electron chi connectivity index (χ4n) is 2.10. The number of nitrogens with zero attached hydrogens (tertiary/aromatic N) is 2. The molecule has 0 radical (unpaired) electrons. The van der Waals surface area contributed by atoms with E-state index < -0.39 is 0 Å². The summed E-state index contributed by atoms with van der Waals surface area (Å²) >= 11 is 0. The van der Waals surface area contributed by atoms with Crippen LogP contribution in [0.3, 0.4) is 0 Å². The third kappa shape index (κ3) is 2.01. The molecule has 0 spiro atoms. The summed E-state index contributed by atoms with van der Waals surface area (Å²) in [5, 5.41) is 0. The molecule has 0 atom stereocenters. The Balaban J connectivity index is 1.96. The first-order chi connectivity index (χ1) is 8.86. The van der Waals surface area contributed by atoms with E-state index in [9.17, 15) is 0 Å². The van der Waals surface area contributed by atoms with Crippen molar-refractivity contribution in [2.24, 2.45) is 0 Å². The first-order valence-electron chi connectivity index (χ1n) is 6.35. The summed E-state index contributed by atoms with van der Waals surface area (Å²) in [6.45, 7) is 2.19. The second-order valence-electron chi connectivity index (χ2n) is 4.46. The fraction of sp³-hybridized carbons (Fsp3) is 0.286. The highest BCUT2D eigenvalue weighted by molar-refractivity contribution is 5.80. The second-order valence-corrected chi connectivity index (χ2v) is 4.46. The molecule has 92 valence electrons. The van der Waals surface area contributed by atoms with E-state index in [-0.39, 0.29) is 0 Å². The number of hydrogen-bond acceptors (Lipinski definition) is 2. The predicted octanol–water partition coefficient (Wildman–Crippen LogP) is 3.30. The van der Waals surface area contributed by atoms with E-state index in [4.69, 9.17) is 0 Å². The van der Waals surface area contributed by atoms with Gasteiger partial charge in [-0.25, -0.2) is 9.97 Å². The summed E-state index contributed by atoms with van der Waals surface area (Å²) in [5.74, 6) is 1.96. The number of imidazole rings is 2. The zero-order valence-corrected chi connectivity index (χ0v) is 10.4. The molecule has 2 heterocycles. The van der Waals surface area contributed by atoms with Crippen molar-refractivity contribution in [2.45, 2.75) is 26.2 Å². The van der Waals surface area contributed by atoms with Gasteiger partial charge in [-0.15, -0.1) is 0 Å². The van der Waals surface area contributed by atoms with Crippen LogP contribution in [0.4, 0.5) is 0 Å². The third-order valence-electron chi connectivity index (χ3n) is 3.07. The summed E-state index contributed by atoms with van der Waals surface area (Å²) in [6, 6.07) is 6.18. The van der Waals surface area contributed by atoms with Crippen molar-refractivity contribution < 1.29 is 0 Å². The van der Waals surface area contributed by atoms with Crippen LogP contribution >= 0.6 is 0 Å². The molecule has 3 rings (SSSR count). The van der Waals surface area contributed by atoms with E-state index >= 15 is 0 Å². The van der Waals surface area contributed by atoms with Gasteiger partial charge in [-0.2, -0.15) is 0 Å². The summed E-state index contributed by atoms with van der Waals surface area (Å²) < 4.78 is 0. The number of nitrogens with one attached hydrogen (secondary N) is 2. The van der Waals surface area contributed by atoms with Gasteiger partial charge in [0, 0.05) is 24.4 Å². The minimum absolute atomic E-state index is 0.890. The van der Waals surface area contributed by atoms with Gasteiger partial charge in [-0.1, -0.05) is 13.3 Å². The molecule has 4 heteroatoms. The van der Waals surface area contributed by atoms with Gasteiger partial charge in [-0.05, 0) is 24.6 Å². The highest BCUT2D eigenvalue weighted by Crippen LogP contribution is 2.20. The van der Waals surface area contributed by atoms with Crippen LogP contribution in [0.1, 0.15) is 25.6 Å². The quantitative estimate of drug-likeness (QED) is 0.735. The lowest BCUT2D eigenvalue weighted by molar-refractivity contribution is 0.765. The van der Waals surface area contributed by atoms with Crippen molar-refractivity contribution in [1.82, 2.24) is 19.9 Å². The Hall–Kier alpha value is -2.10. The van der Waals surface area contributed by atoms with Crippen molar-refractivity contribution in [3.63, 3.8) is 0 Å². The molecule has 0 aliphatic carbocycles. The summed E-state index contributed by atoms with van der Waals surface area (Å²) in [7, 11) is 0. The number of fused-ring (bicyclic) bond motifs is 1. The molecule has 4 nitrogen and oxygen atoms in total. The zero-order valence-electron chi connectivity index (χ0n) is 10.4. The average molecular weight is 240 g/mol. The predicted molar refractivity (Wildman–Crippen MR) is 72.3 cm³/mol. The molecule has 0 aliphatic rings. The van der Waals surface area contributed by atoms with E-state index in [1.807, 2.05) is 18.3 Å². The number of rotatable bonds is 4. The number of unbranched alkanes of at least 4 members (excludes halogenated alkanes) is 1. The van der Waals surface area contributed by atoms with Crippen LogP contribution in [0.15, 0.2) is 30.6 Å². The maximum atomic E-state index is 4.59. The first kappa shape index (κ1) is 11.0. The number of aromatic amines is 2. The lowest BCUT2D eigenvalue weighted by Gasteiger charge is -1.95. The van der Waals surface area contributed by atoms with Crippen LogP contribution in [0.2, 0.25) is 0 Å².